The number of aliphatic carboxylic acids is 1. The van der Waals surface area contributed by atoms with Crippen molar-refractivity contribution in [1.29, 1.82) is 0 Å². The number of amides is 1. The van der Waals surface area contributed by atoms with Gasteiger partial charge in [-0.15, -0.1) is 0 Å². The van der Waals surface area contributed by atoms with Gasteiger partial charge in [0, 0.05) is 6.42 Å². The van der Waals surface area contributed by atoms with Crippen LogP contribution in [0.1, 0.15) is 15.9 Å². The Labute approximate surface area is 154 Å². The Morgan fingerprint density at radius 3 is 2.08 bits per heavy atom. The zero-order valence-corrected chi connectivity index (χ0v) is 14.3. The van der Waals surface area contributed by atoms with E-state index in [0.29, 0.717) is 5.56 Å². The van der Waals surface area contributed by atoms with Crippen molar-refractivity contribution in [1.82, 2.24) is 5.32 Å². The van der Waals surface area contributed by atoms with Gasteiger partial charge in [-0.3, -0.25) is 4.79 Å². The van der Waals surface area contributed by atoms with Crippen LogP contribution < -0.4 is 10.8 Å². The second-order valence-corrected chi connectivity index (χ2v) is 6.09. The van der Waals surface area contributed by atoms with Crippen LogP contribution in [-0.2, 0) is 11.2 Å². The molecule has 0 aliphatic heterocycles. The highest BCUT2D eigenvalue weighted by Gasteiger charge is 2.24. The highest BCUT2D eigenvalue weighted by molar-refractivity contribution is 6.58. The zero-order valence-electron chi connectivity index (χ0n) is 12.8. The number of carbonyl (C=O) groups is 2. The van der Waals surface area contributed by atoms with Crippen molar-refractivity contribution in [3.05, 3.63) is 63.6 Å². The molecule has 0 saturated heterocycles. The van der Waals surface area contributed by atoms with Gasteiger partial charge in [0.15, 0.2) is 0 Å². The van der Waals surface area contributed by atoms with Crippen molar-refractivity contribution in [2.75, 3.05) is 0 Å². The van der Waals surface area contributed by atoms with Crippen LogP contribution in [0.4, 0.5) is 0 Å². The monoisotopic (exact) mass is 381 g/mol. The van der Waals surface area contributed by atoms with Gasteiger partial charge < -0.3 is 20.5 Å². The summed E-state index contributed by atoms with van der Waals surface area (Å²) in [7, 11) is -1.61. The van der Waals surface area contributed by atoms with Crippen molar-refractivity contribution in [3.63, 3.8) is 0 Å². The topological polar surface area (TPSA) is 107 Å². The van der Waals surface area contributed by atoms with Gasteiger partial charge in [-0.05, 0) is 23.2 Å². The van der Waals surface area contributed by atoms with Crippen molar-refractivity contribution < 1.29 is 24.7 Å². The Morgan fingerprint density at radius 2 is 1.60 bits per heavy atom. The average Bonchev–Trinajstić information content (AvgIpc) is 2.54. The summed E-state index contributed by atoms with van der Waals surface area (Å²) in [6.07, 6.45) is 0.00491. The number of benzene rings is 2. The summed E-state index contributed by atoms with van der Waals surface area (Å²) in [6.45, 7) is 0. The van der Waals surface area contributed by atoms with Gasteiger partial charge in [0.2, 0.25) is 0 Å². The predicted molar refractivity (Wildman–Crippen MR) is 95.3 cm³/mol. The third-order valence-electron chi connectivity index (χ3n) is 3.51. The lowest BCUT2D eigenvalue weighted by Gasteiger charge is -2.16. The third-order valence-corrected chi connectivity index (χ3v) is 4.14. The molecule has 0 unspecified atom stereocenters. The Morgan fingerprint density at radius 1 is 1.04 bits per heavy atom. The van der Waals surface area contributed by atoms with Crippen LogP contribution in [0.2, 0.25) is 10.0 Å². The van der Waals surface area contributed by atoms with Gasteiger partial charge in [0.1, 0.15) is 6.04 Å². The highest BCUT2D eigenvalue weighted by Crippen LogP contribution is 2.24. The minimum Gasteiger partial charge on any atom is -0.480 e. The van der Waals surface area contributed by atoms with Crippen LogP contribution in [0, 0.1) is 0 Å². The van der Waals surface area contributed by atoms with Gasteiger partial charge in [0.05, 0.1) is 15.6 Å². The van der Waals surface area contributed by atoms with Gasteiger partial charge in [0.25, 0.3) is 5.91 Å². The molecule has 0 aliphatic carbocycles. The molecule has 0 saturated carbocycles. The summed E-state index contributed by atoms with van der Waals surface area (Å²) in [4.78, 5) is 23.8. The van der Waals surface area contributed by atoms with E-state index in [1.165, 1.54) is 24.3 Å². The molecule has 0 aliphatic rings. The number of hydrogen-bond donors (Lipinski definition) is 4. The first-order valence-electron chi connectivity index (χ1n) is 7.22. The first-order valence-corrected chi connectivity index (χ1v) is 7.98. The van der Waals surface area contributed by atoms with E-state index in [2.05, 4.69) is 5.32 Å². The van der Waals surface area contributed by atoms with E-state index < -0.39 is 25.0 Å². The quantitative estimate of drug-likeness (QED) is 0.560. The standard InChI is InChI=1S/C16H14BCl2NO5/c18-11-2-1-3-12(19)14(11)15(21)20-13(16(22)23)8-9-4-6-10(7-5-9)17(24)25/h1-7,13,24-25H,8H2,(H,20,21)(H,22,23)/t13-/m0/s1. The minimum atomic E-state index is -1.61. The fraction of sp³-hybridized carbons (Fsp3) is 0.125. The normalized spacial score (nSPS) is 11.7. The summed E-state index contributed by atoms with van der Waals surface area (Å²) in [5, 5.41) is 30.1. The fourth-order valence-corrected chi connectivity index (χ4v) is 2.78. The first-order chi connectivity index (χ1) is 11.8. The summed E-state index contributed by atoms with van der Waals surface area (Å²) in [6, 6.07) is 9.38. The van der Waals surface area contributed by atoms with Crippen LogP contribution in [0.3, 0.4) is 0 Å². The molecular formula is C16H14BCl2NO5. The molecule has 4 N–H and O–H groups in total. The van der Waals surface area contributed by atoms with E-state index in [4.69, 9.17) is 33.2 Å². The average molecular weight is 382 g/mol. The fourth-order valence-electron chi connectivity index (χ4n) is 2.21. The van der Waals surface area contributed by atoms with Crippen molar-refractivity contribution in [2.24, 2.45) is 0 Å². The molecule has 0 bridgehead atoms. The molecule has 1 amide bonds. The van der Waals surface area contributed by atoms with Crippen molar-refractivity contribution in [3.8, 4) is 0 Å². The van der Waals surface area contributed by atoms with Gasteiger partial charge in [-0.25, -0.2) is 4.79 Å². The van der Waals surface area contributed by atoms with E-state index in [-0.39, 0.29) is 27.5 Å². The second-order valence-electron chi connectivity index (χ2n) is 5.28. The number of carbonyl (C=O) groups excluding carboxylic acids is 1. The van der Waals surface area contributed by atoms with E-state index in [1.807, 2.05) is 0 Å². The van der Waals surface area contributed by atoms with E-state index in [0.717, 1.165) is 0 Å². The van der Waals surface area contributed by atoms with Crippen LogP contribution in [0.5, 0.6) is 0 Å². The van der Waals surface area contributed by atoms with E-state index >= 15 is 0 Å². The molecule has 2 rings (SSSR count). The lowest BCUT2D eigenvalue weighted by atomic mass is 9.80. The molecule has 6 nitrogen and oxygen atoms in total. The van der Waals surface area contributed by atoms with Crippen molar-refractivity contribution in [2.45, 2.75) is 12.5 Å². The maximum absolute atomic E-state index is 12.3. The molecule has 25 heavy (non-hydrogen) atoms. The molecule has 130 valence electrons. The Kier molecular flexibility index (Phi) is 6.44. The van der Waals surface area contributed by atoms with E-state index in [1.54, 1.807) is 18.2 Å². The van der Waals surface area contributed by atoms with Crippen LogP contribution >= 0.6 is 23.2 Å². The molecule has 0 spiro atoms. The molecule has 0 radical (unpaired) electrons. The summed E-state index contributed by atoms with van der Waals surface area (Å²) in [5.74, 6) is -1.91. The van der Waals surface area contributed by atoms with Gasteiger partial charge in [-0.2, -0.15) is 0 Å². The van der Waals surface area contributed by atoms with Crippen LogP contribution in [0.25, 0.3) is 0 Å². The lowest BCUT2D eigenvalue weighted by molar-refractivity contribution is -0.139. The zero-order chi connectivity index (χ0) is 18.6. The highest BCUT2D eigenvalue weighted by atomic mass is 35.5. The summed E-state index contributed by atoms with van der Waals surface area (Å²) < 4.78 is 0. The molecule has 0 fully saturated rings. The number of hydrogen-bond acceptors (Lipinski definition) is 4. The molecule has 2 aromatic carbocycles. The Bertz CT molecular complexity index is 762. The first kappa shape index (κ1) is 19.3. The summed E-state index contributed by atoms with van der Waals surface area (Å²) in [5.41, 5.74) is 0.890. The van der Waals surface area contributed by atoms with Gasteiger partial charge in [-0.1, -0.05) is 53.5 Å². The number of halogens is 2. The van der Waals surface area contributed by atoms with Crippen LogP contribution in [-0.4, -0.2) is 40.2 Å². The smallest absolute Gasteiger partial charge is 0.480 e. The second kappa shape index (κ2) is 8.35. The lowest BCUT2D eigenvalue weighted by Crippen LogP contribution is -2.42. The molecule has 9 heteroatoms. The molecule has 1 atom stereocenters. The maximum Gasteiger partial charge on any atom is 0.488 e. The third kappa shape index (κ3) is 4.96. The molecule has 0 aromatic heterocycles. The Balaban J connectivity index is 2.16. The molecule has 2 aromatic rings. The van der Waals surface area contributed by atoms with E-state index in [9.17, 15) is 14.7 Å². The molecular weight excluding hydrogens is 368 g/mol. The number of carboxylic acids is 1. The minimum absolute atomic E-state index is 0.00491. The molecule has 0 heterocycles. The maximum atomic E-state index is 12.3. The largest absolute Gasteiger partial charge is 0.488 e. The number of rotatable bonds is 6. The summed E-state index contributed by atoms with van der Waals surface area (Å²) >= 11 is 11.9. The van der Waals surface area contributed by atoms with Crippen molar-refractivity contribution >= 4 is 47.7 Å². The number of carboxylic acid groups (broad SMARTS) is 1. The number of nitrogens with one attached hydrogen (secondary N) is 1. The Hall–Kier alpha value is -2.06. The predicted octanol–water partition coefficient (Wildman–Crippen LogP) is 1.10. The SMILES string of the molecule is O=C(N[C@@H](Cc1ccc(B(O)O)cc1)C(=O)O)c1c(Cl)cccc1Cl. The van der Waals surface area contributed by atoms with Gasteiger partial charge >= 0.3 is 13.1 Å². The van der Waals surface area contributed by atoms with Crippen LogP contribution in [0.15, 0.2) is 42.5 Å².